The van der Waals surface area contributed by atoms with E-state index in [1.54, 1.807) is 0 Å². The van der Waals surface area contributed by atoms with Crippen LogP contribution in [-0.2, 0) is 49.9 Å². The van der Waals surface area contributed by atoms with Gasteiger partial charge in [0.15, 0.2) is 0 Å². The molecule has 20 heteroatoms. The predicted molar refractivity (Wildman–Crippen MR) is 120 cm³/mol. The van der Waals surface area contributed by atoms with Crippen molar-refractivity contribution in [1.29, 1.82) is 0 Å². The Labute approximate surface area is 244 Å². The molecule has 3 aromatic rings. The molecule has 252 valence electrons. The second kappa shape index (κ2) is 10.9. The summed E-state index contributed by atoms with van der Waals surface area (Å²) in [7, 11) is 0. The first-order valence-electron chi connectivity index (χ1n) is 12.3. The van der Waals surface area contributed by atoms with Crippen LogP contribution in [0.5, 0.6) is 0 Å². The molecule has 0 aliphatic heterocycles. The highest BCUT2D eigenvalue weighted by Gasteiger charge is 2.52. The summed E-state index contributed by atoms with van der Waals surface area (Å²) in [4.78, 5) is 7.58. The molecule has 2 nitrogen and oxygen atoms in total. The van der Waals surface area contributed by atoms with Gasteiger partial charge in [-0.1, -0.05) is 0 Å². The van der Waals surface area contributed by atoms with Crippen molar-refractivity contribution >= 4 is 0 Å². The molecule has 1 aliphatic carbocycles. The van der Waals surface area contributed by atoms with Crippen molar-refractivity contribution in [2.45, 2.75) is 62.7 Å². The van der Waals surface area contributed by atoms with Crippen LogP contribution in [-0.4, -0.2) is 9.97 Å². The lowest BCUT2D eigenvalue weighted by molar-refractivity contribution is -0.174. The average Bonchev–Trinajstić information content (AvgIpc) is 2.87. The number of hydrogen-bond donors (Lipinski definition) is 0. The van der Waals surface area contributed by atoms with Gasteiger partial charge in [0.05, 0.1) is 56.2 Å². The molecule has 0 fully saturated rings. The van der Waals surface area contributed by atoms with Gasteiger partial charge in [-0.15, -0.1) is 0 Å². The smallest absolute Gasteiger partial charge is 0.249 e. The largest absolute Gasteiger partial charge is 0.417 e. The van der Waals surface area contributed by atoms with Crippen molar-refractivity contribution in [1.82, 2.24) is 9.97 Å². The summed E-state index contributed by atoms with van der Waals surface area (Å²) >= 11 is 0. The van der Waals surface area contributed by atoms with Gasteiger partial charge in [0.25, 0.3) is 0 Å². The summed E-state index contributed by atoms with van der Waals surface area (Å²) in [5, 5.41) is 0. The predicted octanol–water partition coefficient (Wildman–Crippen LogP) is 10.8. The van der Waals surface area contributed by atoms with Crippen LogP contribution >= 0.6 is 0 Å². The fraction of sp³-hybridized carbons (Fsp3) is 0.385. The van der Waals surface area contributed by atoms with E-state index in [0.29, 0.717) is 0 Å². The van der Waals surface area contributed by atoms with Crippen LogP contribution < -0.4 is 0 Å². The van der Waals surface area contributed by atoms with E-state index in [2.05, 4.69) is 9.97 Å². The van der Waals surface area contributed by atoms with E-state index >= 15 is 0 Å². The molecule has 1 heterocycles. The molecule has 46 heavy (non-hydrogen) atoms. The minimum absolute atomic E-state index is 0.122. The highest BCUT2D eigenvalue weighted by atomic mass is 19.4. The molecule has 0 saturated carbocycles. The van der Waals surface area contributed by atoms with Crippen molar-refractivity contribution in [2.24, 2.45) is 0 Å². The molecule has 1 aromatic heterocycles. The summed E-state index contributed by atoms with van der Waals surface area (Å²) < 4.78 is 247. The van der Waals surface area contributed by atoms with Gasteiger partial charge >= 0.3 is 37.1 Å². The van der Waals surface area contributed by atoms with Crippen LogP contribution in [0.2, 0.25) is 0 Å². The maximum Gasteiger partial charge on any atom is 0.417 e. The number of benzene rings is 2. The Kier molecular flexibility index (Phi) is 8.34. The summed E-state index contributed by atoms with van der Waals surface area (Å²) in [5.41, 5.74) is -24.3. The van der Waals surface area contributed by atoms with Gasteiger partial charge in [-0.2, -0.15) is 79.0 Å². The van der Waals surface area contributed by atoms with Crippen molar-refractivity contribution in [3.8, 4) is 22.5 Å². The molecular formula is C26H12F18N2. The quantitative estimate of drug-likeness (QED) is 0.250. The molecule has 0 spiro atoms. The van der Waals surface area contributed by atoms with Gasteiger partial charge in [-0.25, -0.2) is 9.97 Å². The number of halogens is 18. The summed E-state index contributed by atoms with van der Waals surface area (Å²) in [6, 6.07) is -2.00. The Morgan fingerprint density at radius 3 is 0.804 bits per heavy atom. The van der Waals surface area contributed by atoms with Crippen LogP contribution in [0.3, 0.4) is 0 Å². The highest BCUT2D eigenvalue weighted by Crippen LogP contribution is 2.51. The SMILES string of the molecule is FC(F)(F)c1cc(-c2nc3c(nc2-c2cc(C(F)(F)F)c(C(F)(F)F)c(C(F)(F)F)c2)CCCC3)cc(C(F)(F)F)c1C(F)(F)F. The zero-order chi connectivity index (χ0) is 35.0. The van der Waals surface area contributed by atoms with Gasteiger partial charge < -0.3 is 0 Å². The van der Waals surface area contributed by atoms with Crippen molar-refractivity contribution < 1.29 is 79.0 Å². The number of aryl methyl sites for hydroxylation is 2. The molecule has 2 aromatic carbocycles. The first-order chi connectivity index (χ1) is 20.6. The van der Waals surface area contributed by atoms with Crippen LogP contribution in [0.25, 0.3) is 22.5 Å². The van der Waals surface area contributed by atoms with E-state index in [0.717, 1.165) is 0 Å². The highest BCUT2D eigenvalue weighted by molar-refractivity contribution is 5.80. The second-order valence-electron chi connectivity index (χ2n) is 9.90. The molecular weight excluding hydrogens is 682 g/mol. The molecule has 0 N–H and O–H groups in total. The van der Waals surface area contributed by atoms with E-state index in [4.69, 9.17) is 0 Å². The summed E-state index contributed by atoms with van der Waals surface area (Å²) in [6.07, 6.45) is -36.9. The van der Waals surface area contributed by atoms with Gasteiger partial charge in [0.1, 0.15) is 0 Å². The molecule has 0 saturated heterocycles. The third-order valence-corrected chi connectivity index (χ3v) is 6.74. The lowest BCUT2D eigenvalue weighted by Crippen LogP contribution is -2.24. The zero-order valence-electron chi connectivity index (χ0n) is 21.8. The lowest BCUT2D eigenvalue weighted by Gasteiger charge is -2.25. The van der Waals surface area contributed by atoms with E-state index < -0.39 is 117 Å². The number of nitrogens with zero attached hydrogens (tertiary/aromatic N) is 2. The number of rotatable bonds is 2. The molecule has 0 amide bonds. The van der Waals surface area contributed by atoms with E-state index in [1.807, 2.05) is 0 Å². The number of fused-ring (bicyclic) bond motifs is 1. The number of hydrogen-bond acceptors (Lipinski definition) is 2. The monoisotopic (exact) mass is 694 g/mol. The Balaban J connectivity index is 2.23. The maximum atomic E-state index is 13.8. The van der Waals surface area contributed by atoms with Gasteiger partial charge in [0, 0.05) is 11.1 Å². The van der Waals surface area contributed by atoms with E-state index in [-0.39, 0.29) is 37.1 Å². The Hall–Kier alpha value is -3.74. The van der Waals surface area contributed by atoms with Gasteiger partial charge in [-0.05, 0) is 49.9 Å². The first kappa shape index (κ1) is 35.1. The molecule has 0 bridgehead atoms. The standard InChI is InChI=1S/C26H12F18N2/c27-21(28,29)11-5-9(6-12(22(30,31)32)17(11)25(39,40)41)19-20(46-16-4-2-1-3-15(16)45-19)10-7-13(23(33,34)35)18(26(42,43)44)14(8-10)24(36,37)38/h5-8H,1-4H2. The molecule has 0 atom stereocenters. The summed E-state index contributed by atoms with van der Waals surface area (Å²) in [6.45, 7) is 0. The van der Waals surface area contributed by atoms with Gasteiger partial charge in [-0.3, -0.25) is 0 Å². The third kappa shape index (κ3) is 6.84. The number of alkyl halides is 18. The Morgan fingerprint density at radius 2 is 0.609 bits per heavy atom. The fourth-order valence-corrected chi connectivity index (χ4v) is 4.96. The Morgan fingerprint density at radius 1 is 0.370 bits per heavy atom. The van der Waals surface area contributed by atoms with E-state index in [1.165, 1.54) is 0 Å². The number of aromatic nitrogens is 2. The maximum absolute atomic E-state index is 13.8. The molecule has 0 unspecified atom stereocenters. The fourth-order valence-electron chi connectivity index (χ4n) is 4.96. The Bertz CT molecular complexity index is 1460. The first-order valence-corrected chi connectivity index (χ1v) is 12.3. The van der Waals surface area contributed by atoms with Crippen LogP contribution in [0.15, 0.2) is 24.3 Å². The molecule has 4 rings (SSSR count). The third-order valence-electron chi connectivity index (χ3n) is 6.74. The topological polar surface area (TPSA) is 25.8 Å². The normalized spacial score (nSPS) is 15.3. The van der Waals surface area contributed by atoms with Gasteiger partial charge in [0.2, 0.25) is 0 Å². The van der Waals surface area contributed by atoms with Crippen LogP contribution in [0, 0.1) is 0 Å². The molecule has 0 radical (unpaired) electrons. The van der Waals surface area contributed by atoms with Crippen LogP contribution in [0.1, 0.15) is 57.6 Å². The minimum atomic E-state index is -6.28. The average molecular weight is 694 g/mol. The molecule has 1 aliphatic rings. The zero-order valence-corrected chi connectivity index (χ0v) is 21.8. The van der Waals surface area contributed by atoms with Crippen molar-refractivity contribution in [3.63, 3.8) is 0 Å². The van der Waals surface area contributed by atoms with Crippen molar-refractivity contribution in [2.75, 3.05) is 0 Å². The van der Waals surface area contributed by atoms with Crippen molar-refractivity contribution in [3.05, 3.63) is 69.0 Å². The second-order valence-corrected chi connectivity index (χ2v) is 9.90. The van der Waals surface area contributed by atoms with E-state index in [9.17, 15) is 79.0 Å². The van der Waals surface area contributed by atoms with Crippen LogP contribution in [0.4, 0.5) is 79.0 Å². The summed E-state index contributed by atoms with van der Waals surface area (Å²) in [5.74, 6) is 0. The minimum Gasteiger partial charge on any atom is -0.249 e. The lowest BCUT2D eigenvalue weighted by atomic mass is 9.90.